The minimum atomic E-state index is -0.270. The number of rotatable bonds is 3. The molecule has 1 aromatic rings. The van der Waals surface area contributed by atoms with Crippen LogP contribution < -0.4 is 0 Å². The molecule has 0 amide bonds. The third kappa shape index (κ3) is 2.88. The van der Waals surface area contributed by atoms with Gasteiger partial charge >= 0.3 is 0 Å². The Balaban J connectivity index is 2.12. The minimum Gasteiger partial charge on any atom is -0.284 e. The van der Waals surface area contributed by atoms with E-state index < -0.39 is 0 Å². The van der Waals surface area contributed by atoms with Gasteiger partial charge in [0.25, 0.3) is 0 Å². The number of nitrogens with zero attached hydrogens (tertiary/aromatic N) is 2. The third-order valence-corrected chi connectivity index (χ3v) is 3.87. The molecule has 0 heterocycles. The average molecular weight is 246 g/mol. The molecule has 1 fully saturated rings. The van der Waals surface area contributed by atoms with Gasteiger partial charge in [-0.3, -0.25) is 4.90 Å². The molecular formula is C15H19FN2. The van der Waals surface area contributed by atoms with Gasteiger partial charge in [-0.05, 0) is 37.6 Å². The van der Waals surface area contributed by atoms with Gasteiger partial charge in [-0.2, -0.15) is 5.26 Å². The van der Waals surface area contributed by atoms with Crippen molar-refractivity contribution in [3.63, 3.8) is 0 Å². The second-order valence-corrected chi connectivity index (χ2v) is 5.04. The van der Waals surface area contributed by atoms with Gasteiger partial charge in [0.2, 0.25) is 0 Å². The maximum Gasteiger partial charge on any atom is 0.123 e. The molecule has 1 unspecified atom stereocenters. The van der Waals surface area contributed by atoms with Crippen LogP contribution in [0.15, 0.2) is 24.3 Å². The van der Waals surface area contributed by atoms with Crippen LogP contribution in [0, 0.1) is 17.1 Å². The largest absolute Gasteiger partial charge is 0.284 e. The molecule has 3 heteroatoms. The second-order valence-electron chi connectivity index (χ2n) is 5.04. The SMILES string of the molecule is CN(C1CCCCC1)C(C#N)c1ccc(F)cc1. The fraction of sp³-hybridized carbons (Fsp3) is 0.533. The van der Waals surface area contributed by atoms with Gasteiger partial charge in [0.15, 0.2) is 0 Å². The van der Waals surface area contributed by atoms with Crippen LogP contribution in [0.4, 0.5) is 4.39 Å². The first-order chi connectivity index (χ1) is 8.72. The van der Waals surface area contributed by atoms with E-state index in [2.05, 4.69) is 11.0 Å². The Hall–Kier alpha value is -1.40. The van der Waals surface area contributed by atoms with Gasteiger partial charge in [-0.15, -0.1) is 0 Å². The third-order valence-electron chi connectivity index (χ3n) is 3.87. The summed E-state index contributed by atoms with van der Waals surface area (Å²) in [4.78, 5) is 2.15. The number of benzene rings is 1. The molecule has 2 nitrogen and oxygen atoms in total. The molecule has 1 aromatic carbocycles. The van der Waals surface area contributed by atoms with Gasteiger partial charge in [0.05, 0.1) is 6.07 Å². The average Bonchev–Trinajstić information content (AvgIpc) is 2.42. The van der Waals surface area contributed by atoms with Crippen molar-refractivity contribution >= 4 is 0 Å². The van der Waals surface area contributed by atoms with Crippen LogP contribution in [-0.4, -0.2) is 18.0 Å². The first-order valence-corrected chi connectivity index (χ1v) is 6.59. The van der Waals surface area contributed by atoms with Gasteiger partial charge in [-0.1, -0.05) is 31.4 Å². The van der Waals surface area contributed by atoms with E-state index in [0.29, 0.717) is 6.04 Å². The van der Waals surface area contributed by atoms with E-state index in [9.17, 15) is 9.65 Å². The van der Waals surface area contributed by atoms with Gasteiger partial charge < -0.3 is 0 Å². The van der Waals surface area contributed by atoms with Gasteiger partial charge in [0, 0.05) is 6.04 Å². The fourth-order valence-corrected chi connectivity index (χ4v) is 2.74. The molecule has 0 bridgehead atoms. The highest BCUT2D eigenvalue weighted by molar-refractivity contribution is 5.24. The van der Waals surface area contributed by atoms with Crippen molar-refractivity contribution in [3.05, 3.63) is 35.6 Å². The molecule has 0 aromatic heterocycles. The zero-order valence-corrected chi connectivity index (χ0v) is 10.8. The lowest BCUT2D eigenvalue weighted by Gasteiger charge is -2.34. The molecule has 0 saturated heterocycles. The lowest BCUT2D eigenvalue weighted by atomic mass is 9.92. The minimum absolute atomic E-state index is 0.254. The number of nitriles is 1. The number of halogens is 1. The monoisotopic (exact) mass is 246 g/mol. The lowest BCUT2D eigenvalue weighted by molar-refractivity contribution is 0.164. The lowest BCUT2D eigenvalue weighted by Crippen LogP contribution is -2.36. The molecule has 1 aliphatic carbocycles. The maximum atomic E-state index is 12.9. The Morgan fingerprint density at radius 3 is 2.39 bits per heavy atom. The molecule has 1 aliphatic rings. The van der Waals surface area contributed by atoms with Gasteiger partial charge in [0.1, 0.15) is 11.9 Å². The predicted octanol–water partition coefficient (Wildman–Crippen LogP) is 3.65. The highest BCUT2D eigenvalue weighted by atomic mass is 19.1. The molecule has 0 N–H and O–H groups in total. The maximum absolute atomic E-state index is 12.9. The van der Waals surface area contributed by atoms with Crippen molar-refractivity contribution in [2.75, 3.05) is 7.05 Å². The molecule has 1 saturated carbocycles. The van der Waals surface area contributed by atoms with E-state index in [0.717, 1.165) is 18.4 Å². The topological polar surface area (TPSA) is 27.0 Å². The first-order valence-electron chi connectivity index (χ1n) is 6.59. The summed E-state index contributed by atoms with van der Waals surface area (Å²) in [5, 5.41) is 9.36. The van der Waals surface area contributed by atoms with Gasteiger partial charge in [-0.25, -0.2) is 4.39 Å². The van der Waals surface area contributed by atoms with Crippen molar-refractivity contribution in [3.8, 4) is 6.07 Å². The molecule has 96 valence electrons. The number of hydrogen-bond donors (Lipinski definition) is 0. The molecule has 18 heavy (non-hydrogen) atoms. The van der Waals surface area contributed by atoms with Crippen molar-refractivity contribution in [1.29, 1.82) is 5.26 Å². The van der Waals surface area contributed by atoms with Crippen LogP contribution in [-0.2, 0) is 0 Å². The highest BCUT2D eigenvalue weighted by Gasteiger charge is 2.25. The summed E-state index contributed by atoms with van der Waals surface area (Å²) in [7, 11) is 2.01. The Kier molecular flexibility index (Phi) is 4.33. The second kappa shape index (κ2) is 5.97. The Morgan fingerprint density at radius 2 is 1.83 bits per heavy atom. The summed E-state index contributed by atoms with van der Waals surface area (Å²) in [5.74, 6) is -0.254. The predicted molar refractivity (Wildman–Crippen MR) is 69.4 cm³/mol. The number of hydrogen-bond acceptors (Lipinski definition) is 2. The van der Waals surface area contributed by atoms with E-state index in [1.165, 1.54) is 31.4 Å². The van der Waals surface area contributed by atoms with Crippen LogP contribution in [0.2, 0.25) is 0 Å². The zero-order chi connectivity index (χ0) is 13.0. The molecule has 0 spiro atoms. The Morgan fingerprint density at radius 1 is 1.22 bits per heavy atom. The summed E-state index contributed by atoms with van der Waals surface area (Å²) in [6, 6.07) is 8.82. The smallest absolute Gasteiger partial charge is 0.123 e. The van der Waals surface area contributed by atoms with Crippen LogP contribution in [0.5, 0.6) is 0 Å². The Labute approximate surface area is 108 Å². The van der Waals surface area contributed by atoms with Crippen LogP contribution >= 0.6 is 0 Å². The molecule has 0 radical (unpaired) electrons. The van der Waals surface area contributed by atoms with E-state index in [1.54, 1.807) is 12.1 Å². The molecular weight excluding hydrogens is 227 g/mol. The summed E-state index contributed by atoms with van der Waals surface area (Å²) in [6.07, 6.45) is 6.12. The summed E-state index contributed by atoms with van der Waals surface area (Å²) in [5.41, 5.74) is 0.881. The standard InChI is InChI=1S/C15H19FN2/c1-18(14-5-3-2-4-6-14)15(11-17)12-7-9-13(16)10-8-12/h7-10,14-15H,2-6H2,1H3. The van der Waals surface area contributed by atoms with E-state index in [4.69, 9.17) is 0 Å². The van der Waals surface area contributed by atoms with E-state index >= 15 is 0 Å². The molecule has 1 atom stereocenters. The zero-order valence-electron chi connectivity index (χ0n) is 10.8. The van der Waals surface area contributed by atoms with E-state index in [-0.39, 0.29) is 11.9 Å². The quantitative estimate of drug-likeness (QED) is 0.814. The molecule has 0 aliphatic heterocycles. The van der Waals surface area contributed by atoms with E-state index in [1.807, 2.05) is 7.05 Å². The van der Waals surface area contributed by atoms with Crippen LogP contribution in [0.25, 0.3) is 0 Å². The normalized spacial score (nSPS) is 18.6. The molecule has 2 rings (SSSR count). The van der Waals surface area contributed by atoms with Crippen molar-refractivity contribution in [2.45, 2.75) is 44.2 Å². The summed E-state index contributed by atoms with van der Waals surface area (Å²) < 4.78 is 12.9. The van der Waals surface area contributed by atoms with Crippen molar-refractivity contribution in [1.82, 2.24) is 4.90 Å². The first kappa shape index (κ1) is 13.0. The Bertz CT molecular complexity index is 415. The van der Waals surface area contributed by atoms with Crippen LogP contribution in [0.3, 0.4) is 0 Å². The van der Waals surface area contributed by atoms with Crippen molar-refractivity contribution in [2.24, 2.45) is 0 Å². The highest BCUT2D eigenvalue weighted by Crippen LogP contribution is 2.28. The summed E-state index contributed by atoms with van der Waals surface area (Å²) in [6.45, 7) is 0. The fourth-order valence-electron chi connectivity index (χ4n) is 2.74. The van der Waals surface area contributed by atoms with Crippen LogP contribution in [0.1, 0.15) is 43.7 Å². The summed E-state index contributed by atoms with van der Waals surface area (Å²) >= 11 is 0. The van der Waals surface area contributed by atoms with Crippen molar-refractivity contribution < 1.29 is 4.39 Å².